The molecule has 19 heavy (non-hydrogen) atoms. The Labute approximate surface area is 116 Å². The molecule has 0 radical (unpaired) electrons. The average molecular weight is 279 g/mol. The lowest BCUT2D eigenvalue weighted by molar-refractivity contribution is -0.117. The van der Waals surface area contributed by atoms with Crippen molar-refractivity contribution < 1.29 is 9.59 Å². The molecule has 0 saturated carbocycles. The first-order chi connectivity index (χ1) is 9.13. The zero-order valence-electron chi connectivity index (χ0n) is 10.5. The van der Waals surface area contributed by atoms with Gasteiger partial charge in [-0.05, 0) is 12.1 Å². The number of anilines is 1. The minimum atomic E-state index is -0.332. The van der Waals surface area contributed by atoms with Crippen LogP contribution in [0.2, 0.25) is 0 Å². The standard InChI is InChI=1S/C13H17N3O2S/c1-2-8-15-13(18)16-10-5-3-4-6-11(10)19-9-7-12(14)17/h2-6H,1,7-9H2,(H2,14,17)(H2,15,16,18). The number of thioether (sulfide) groups is 1. The van der Waals surface area contributed by atoms with Gasteiger partial charge in [0.2, 0.25) is 5.91 Å². The summed E-state index contributed by atoms with van der Waals surface area (Å²) in [6, 6.07) is 7.11. The van der Waals surface area contributed by atoms with Crippen molar-refractivity contribution in [1.82, 2.24) is 5.32 Å². The number of para-hydroxylation sites is 1. The van der Waals surface area contributed by atoms with E-state index in [1.54, 1.807) is 12.1 Å². The van der Waals surface area contributed by atoms with Crippen molar-refractivity contribution in [1.29, 1.82) is 0 Å². The van der Waals surface area contributed by atoms with Crippen molar-refractivity contribution in [3.63, 3.8) is 0 Å². The van der Waals surface area contributed by atoms with E-state index >= 15 is 0 Å². The molecular formula is C13H17N3O2S. The van der Waals surface area contributed by atoms with Gasteiger partial charge in [-0.25, -0.2) is 4.79 Å². The molecule has 6 heteroatoms. The molecule has 0 aromatic heterocycles. The summed E-state index contributed by atoms with van der Waals surface area (Å²) in [5.41, 5.74) is 5.80. The molecule has 0 atom stereocenters. The Hall–Kier alpha value is -1.95. The second-order valence-corrected chi connectivity index (χ2v) is 4.82. The molecule has 0 aliphatic carbocycles. The molecule has 0 spiro atoms. The SMILES string of the molecule is C=CCNC(=O)Nc1ccccc1SCCC(N)=O. The monoisotopic (exact) mass is 279 g/mol. The minimum absolute atomic E-state index is 0.289. The maximum Gasteiger partial charge on any atom is 0.319 e. The molecule has 0 unspecified atom stereocenters. The van der Waals surface area contributed by atoms with Gasteiger partial charge in [0, 0.05) is 23.6 Å². The summed E-state index contributed by atoms with van der Waals surface area (Å²) in [4.78, 5) is 23.1. The zero-order valence-corrected chi connectivity index (χ0v) is 11.3. The highest BCUT2D eigenvalue weighted by Crippen LogP contribution is 2.27. The zero-order chi connectivity index (χ0) is 14.1. The summed E-state index contributed by atoms with van der Waals surface area (Å²) in [7, 11) is 0. The molecule has 0 fully saturated rings. The predicted octanol–water partition coefficient (Wildman–Crippen LogP) is 1.96. The molecule has 0 bridgehead atoms. The molecule has 1 aromatic rings. The number of carbonyl (C=O) groups excluding carboxylic acids is 2. The lowest BCUT2D eigenvalue weighted by atomic mass is 10.3. The first kappa shape index (κ1) is 15.1. The lowest BCUT2D eigenvalue weighted by Gasteiger charge is -2.10. The van der Waals surface area contributed by atoms with Crippen molar-refractivity contribution in [2.45, 2.75) is 11.3 Å². The fraction of sp³-hybridized carbons (Fsp3) is 0.231. The van der Waals surface area contributed by atoms with E-state index in [4.69, 9.17) is 5.73 Å². The van der Waals surface area contributed by atoms with Crippen LogP contribution in [0.3, 0.4) is 0 Å². The number of hydrogen-bond donors (Lipinski definition) is 3. The van der Waals surface area contributed by atoms with Gasteiger partial charge in [-0.15, -0.1) is 18.3 Å². The first-order valence-corrected chi connectivity index (χ1v) is 6.78. The second-order valence-electron chi connectivity index (χ2n) is 3.68. The lowest BCUT2D eigenvalue weighted by Crippen LogP contribution is -2.28. The molecule has 0 saturated heterocycles. The van der Waals surface area contributed by atoms with Crippen LogP contribution < -0.4 is 16.4 Å². The minimum Gasteiger partial charge on any atom is -0.370 e. The topological polar surface area (TPSA) is 84.2 Å². The molecule has 0 heterocycles. The van der Waals surface area contributed by atoms with Crippen molar-refractivity contribution in [2.75, 3.05) is 17.6 Å². The number of amides is 3. The number of urea groups is 1. The summed E-state index contributed by atoms with van der Waals surface area (Å²) in [5.74, 6) is 0.254. The quantitative estimate of drug-likeness (QED) is 0.527. The van der Waals surface area contributed by atoms with Gasteiger partial charge in [-0.3, -0.25) is 4.79 Å². The van der Waals surface area contributed by atoms with E-state index in [0.717, 1.165) is 4.90 Å². The van der Waals surface area contributed by atoms with E-state index in [9.17, 15) is 9.59 Å². The molecule has 102 valence electrons. The Morgan fingerprint density at radius 1 is 1.37 bits per heavy atom. The third kappa shape index (κ3) is 5.96. The van der Waals surface area contributed by atoms with Gasteiger partial charge in [0.1, 0.15) is 0 Å². The summed E-state index contributed by atoms with van der Waals surface area (Å²) in [6.07, 6.45) is 1.91. The van der Waals surface area contributed by atoms with Crippen LogP contribution in [-0.4, -0.2) is 24.2 Å². The van der Waals surface area contributed by atoms with E-state index in [0.29, 0.717) is 24.4 Å². The summed E-state index contributed by atoms with van der Waals surface area (Å²) in [5, 5.41) is 5.38. The Morgan fingerprint density at radius 2 is 2.11 bits per heavy atom. The fourth-order valence-electron chi connectivity index (χ4n) is 1.29. The first-order valence-electron chi connectivity index (χ1n) is 5.79. The molecule has 0 aliphatic rings. The molecule has 0 aliphatic heterocycles. The highest BCUT2D eigenvalue weighted by Gasteiger charge is 2.06. The summed E-state index contributed by atoms with van der Waals surface area (Å²) >= 11 is 1.48. The Kier molecular flexibility index (Phi) is 6.52. The van der Waals surface area contributed by atoms with E-state index in [1.165, 1.54) is 11.8 Å². The Balaban J connectivity index is 2.59. The van der Waals surface area contributed by atoms with Gasteiger partial charge in [-0.2, -0.15) is 0 Å². The summed E-state index contributed by atoms with van der Waals surface area (Å²) < 4.78 is 0. The number of rotatable bonds is 7. The van der Waals surface area contributed by atoms with Gasteiger partial charge < -0.3 is 16.4 Å². The van der Waals surface area contributed by atoms with Crippen LogP contribution >= 0.6 is 11.8 Å². The van der Waals surface area contributed by atoms with Gasteiger partial charge in [-0.1, -0.05) is 18.2 Å². The molecular weight excluding hydrogens is 262 g/mol. The van der Waals surface area contributed by atoms with Gasteiger partial charge in [0.25, 0.3) is 0 Å². The van der Waals surface area contributed by atoms with E-state index in [1.807, 2.05) is 18.2 Å². The van der Waals surface area contributed by atoms with Crippen LogP contribution in [0.4, 0.5) is 10.5 Å². The number of hydrogen-bond acceptors (Lipinski definition) is 3. The molecule has 1 aromatic carbocycles. The maximum absolute atomic E-state index is 11.6. The summed E-state index contributed by atoms with van der Waals surface area (Å²) in [6.45, 7) is 3.93. The average Bonchev–Trinajstić information content (AvgIpc) is 2.38. The van der Waals surface area contributed by atoms with E-state index in [2.05, 4.69) is 17.2 Å². The van der Waals surface area contributed by atoms with Gasteiger partial charge in [0.15, 0.2) is 0 Å². The van der Waals surface area contributed by atoms with E-state index < -0.39 is 0 Å². The van der Waals surface area contributed by atoms with Crippen LogP contribution in [0.1, 0.15) is 6.42 Å². The fourth-order valence-corrected chi connectivity index (χ4v) is 2.26. The molecule has 1 rings (SSSR count). The Morgan fingerprint density at radius 3 is 2.79 bits per heavy atom. The number of nitrogens with two attached hydrogens (primary N) is 1. The van der Waals surface area contributed by atoms with Gasteiger partial charge >= 0.3 is 6.03 Å². The van der Waals surface area contributed by atoms with Crippen molar-refractivity contribution in [3.05, 3.63) is 36.9 Å². The van der Waals surface area contributed by atoms with Crippen molar-refractivity contribution >= 4 is 29.4 Å². The van der Waals surface area contributed by atoms with Crippen molar-refractivity contribution in [2.24, 2.45) is 5.73 Å². The number of nitrogens with one attached hydrogen (secondary N) is 2. The normalized spacial score (nSPS) is 9.68. The van der Waals surface area contributed by atoms with Crippen LogP contribution in [-0.2, 0) is 4.79 Å². The largest absolute Gasteiger partial charge is 0.370 e. The van der Waals surface area contributed by atoms with Crippen LogP contribution in [0.15, 0.2) is 41.8 Å². The molecule has 3 amide bonds. The Bertz CT molecular complexity index is 463. The number of carbonyl (C=O) groups is 2. The third-order valence-electron chi connectivity index (χ3n) is 2.15. The number of benzene rings is 1. The number of primary amides is 1. The highest BCUT2D eigenvalue weighted by atomic mass is 32.2. The maximum atomic E-state index is 11.6. The smallest absolute Gasteiger partial charge is 0.319 e. The van der Waals surface area contributed by atoms with Crippen LogP contribution in [0, 0.1) is 0 Å². The predicted molar refractivity (Wildman–Crippen MR) is 78.2 cm³/mol. The second kappa shape index (κ2) is 8.20. The van der Waals surface area contributed by atoms with Crippen molar-refractivity contribution in [3.8, 4) is 0 Å². The van der Waals surface area contributed by atoms with E-state index in [-0.39, 0.29) is 11.9 Å². The van der Waals surface area contributed by atoms with Crippen LogP contribution in [0.25, 0.3) is 0 Å². The highest BCUT2D eigenvalue weighted by molar-refractivity contribution is 7.99. The van der Waals surface area contributed by atoms with Gasteiger partial charge in [0.05, 0.1) is 5.69 Å². The molecule has 5 nitrogen and oxygen atoms in total. The van der Waals surface area contributed by atoms with Crippen LogP contribution in [0.5, 0.6) is 0 Å². The molecule has 4 N–H and O–H groups in total. The third-order valence-corrected chi connectivity index (χ3v) is 3.22.